The van der Waals surface area contributed by atoms with Crippen LogP contribution in [0.2, 0.25) is 0 Å². The van der Waals surface area contributed by atoms with E-state index in [1.165, 1.54) is 0 Å². The van der Waals surface area contributed by atoms with Gasteiger partial charge in [0.2, 0.25) is 0 Å². The number of para-hydroxylation sites is 1. The van der Waals surface area contributed by atoms with Gasteiger partial charge in [0, 0.05) is 12.2 Å². The van der Waals surface area contributed by atoms with Crippen molar-refractivity contribution in [2.45, 2.75) is 40.0 Å². The van der Waals surface area contributed by atoms with E-state index in [0.29, 0.717) is 18.8 Å². The van der Waals surface area contributed by atoms with E-state index in [0.717, 1.165) is 22.5 Å². The second kappa shape index (κ2) is 8.64. The third-order valence-corrected chi connectivity index (χ3v) is 4.18. The maximum Gasteiger partial charge on any atom is 0.272 e. The van der Waals surface area contributed by atoms with Crippen LogP contribution in [0.25, 0.3) is 5.69 Å². The molecule has 0 radical (unpaired) electrons. The Morgan fingerprint density at radius 3 is 2.41 bits per heavy atom. The molecule has 5 nitrogen and oxygen atoms in total. The average molecular weight is 363 g/mol. The monoisotopic (exact) mass is 363 g/mol. The Morgan fingerprint density at radius 2 is 1.74 bits per heavy atom. The molecule has 2 aromatic carbocycles. The van der Waals surface area contributed by atoms with E-state index < -0.39 is 0 Å². The lowest BCUT2D eigenvalue weighted by Crippen LogP contribution is -2.23. The summed E-state index contributed by atoms with van der Waals surface area (Å²) < 4.78 is 7.37. The minimum atomic E-state index is -0.181. The van der Waals surface area contributed by atoms with Crippen molar-refractivity contribution in [2.75, 3.05) is 0 Å². The molecule has 3 aromatic rings. The molecule has 0 unspecified atom stereocenters. The SMILES string of the molecule is Cc1cc(C(=O)NCc2ccc(COC(C)C)cc2)nn1-c1ccccc1. The van der Waals surface area contributed by atoms with Gasteiger partial charge in [0.1, 0.15) is 0 Å². The van der Waals surface area contributed by atoms with Crippen LogP contribution in [0.5, 0.6) is 0 Å². The Balaban J connectivity index is 1.60. The molecule has 0 aliphatic heterocycles. The zero-order chi connectivity index (χ0) is 19.2. The van der Waals surface area contributed by atoms with E-state index in [-0.39, 0.29) is 12.0 Å². The fraction of sp³-hybridized carbons (Fsp3) is 0.273. The number of nitrogens with zero attached hydrogens (tertiary/aromatic N) is 2. The van der Waals surface area contributed by atoms with E-state index >= 15 is 0 Å². The Kier molecular flexibility index (Phi) is 6.04. The third kappa shape index (κ3) is 5.05. The zero-order valence-electron chi connectivity index (χ0n) is 16.0. The lowest BCUT2D eigenvalue weighted by atomic mass is 10.1. The minimum absolute atomic E-state index is 0.181. The van der Waals surface area contributed by atoms with Gasteiger partial charge in [-0.2, -0.15) is 5.10 Å². The predicted molar refractivity (Wildman–Crippen MR) is 106 cm³/mol. The first-order valence-electron chi connectivity index (χ1n) is 9.12. The molecule has 5 heteroatoms. The summed E-state index contributed by atoms with van der Waals surface area (Å²) in [6.07, 6.45) is 0.211. The van der Waals surface area contributed by atoms with E-state index in [9.17, 15) is 4.79 Å². The van der Waals surface area contributed by atoms with Gasteiger partial charge in [0.15, 0.2) is 5.69 Å². The highest BCUT2D eigenvalue weighted by Gasteiger charge is 2.13. The predicted octanol–water partition coefficient (Wildman–Crippen LogP) is 4.04. The van der Waals surface area contributed by atoms with E-state index in [4.69, 9.17) is 4.74 Å². The van der Waals surface area contributed by atoms with Gasteiger partial charge in [-0.15, -0.1) is 0 Å². The number of aryl methyl sites for hydroxylation is 1. The topological polar surface area (TPSA) is 56.1 Å². The maximum absolute atomic E-state index is 12.5. The summed E-state index contributed by atoms with van der Waals surface area (Å²) in [5.41, 5.74) is 4.43. The van der Waals surface area contributed by atoms with Crippen molar-refractivity contribution in [1.82, 2.24) is 15.1 Å². The van der Waals surface area contributed by atoms with Crippen LogP contribution in [0.4, 0.5) is 0 Å². The highest BCUT2D eigenvalue weighted by molar-refractivity contribution is 5.92. The van der Waals surface area contributed by atoms with Crippen molar-refractivity contribution < 1.29 is 9.53 Å². The first kappa shape index (κ1) is 18.9. The highest BCUT2D eigenvalue weighted by atomic mass is 16.5. The molecule has 1 amide bonds. The van der Waals surface area contributed by atoms with Gasteiger partial charge >= 0.3 is 0 Å². The number of carbonyl (C=O) groups is 1. The van der Waals surface area contributed by atoms with Crippen molar-refractivity contribution >= 4 is 5.91 Å². The fourth-order valence-electron chi connectivity index (χ4n) is 2.71. The van der Waals surface area contributed by atoms with Crippen molar-refractivity contribution in [3.63, 3.8) is 0 Å². The summed E-state index contributed by atoms with van der Waals surface area (Å²) >= 11 is 0. The van der Waals surface area contributed by atoms with Crippen LogP contribution in [0.3, 0.4) is 0 Å². The smallest absolute Gasteiger partial charge is 0.272 e. The Labute approximate surface area is 160 Å². The van der Waals surface area contributed by atoms with E-state index in [1.807, 2.05) is 75.4 Å². The molecular formula is C22H25N3O2. The third-order valence-electron chi connectivity index (χ3n) is 4.18. The molecule has 0 bridgehead atoms. The summed E-state index contributed by atoms with van der Waals surface area (Å²) in [5, 5.41) is 7.37. The van der Waals surface area contributed by atoms with Crippen molar-refractivity contribution in [1.29, 1.82) is 0 Å². The standard InChI is InChI=1S/C22H25N3O2/c1-16(2)27-15-19-11-9-18(10-12-19)14-23-22(26)21-13-17(3)25(24-21)20-7-5-4-6-8-20/h4-13,16H,14-15H2,1-3H3,(H,23,26). The molecule has 1 heterocycles. The van der Waals surface area contributed by atoms with Crippen molar-refractivity contribution in [2.24, 2.45) is 0 Å². The lowest BCUT2D eigenvalue weighted by Gasteiger charge is -2.08. The molecule has 1 N–H and O–H groups in total. The molecule has 0 fully saturated rings. The van der Waals surface area contributed by atoms with Crippen LogP contribution >= 0.6 is 0 Å². The molecule has 0 aliphatic carbocycles. The fourth-order valence-corrected chi connectivity index (χ4v) is 2.71. The van der Waals surface area contributed by atoms with Crippen LogP contribution < -0.4 is 5.32 Å². The molecule has 3 rings (SSSR count). The molecule has 27 heavy (non-hydrogen) atoms. The number of hydrogen-bond acceptors (Lipinski definition) is 3. The molecule has 140 valence electrons. The number of carbonyl (C=O) groups excluding carboxylic acids is 1. The normalized spacial score (nSPS) is 11.0. The van der Waals surface area contributed by atoms with Crippen LogP contribution in [-0.2, 0) is 17.9 Å². The molecule has 0 atom stereocenters. The summed E-state index contributed by atoms with van der Waals surface area (Å²) in [5.74, 6) is -0.181. The number of aromatic nitrogens is 2. The molecular weight excluding hydrogens is 338 g/mol. The molecule has 0 saturated carbocycles. The first-order chi connectivity index (χ1) is 13.0. The van der Waals surface area contributed by atoms with Gasteiger partial charge < -0.3 is 10.1 Å². The number of benzene rings is 2. The number of rotatable bonds is 7. The van der Waals surface area contributed by atoms with Gasteiger partial charge in [-0.3, -0.25) is 4.79 Å². The first-order valence-corrected chi connectivity index (χ1v) is 9.12. The van der Waals surface area contributed by atoms with Gasteiger partial charge in [-0.1, -0.05) is 42.5 Å². The number of amides is 1. The minimum Gasteiger partial charge on any atom is -0.374 e. The summed E-state index contributed by atoms with van der Waals surface area (Å²) in [7, 11) is 0. The van der Waals surface area contributed by atoms with Crippen molar-refractivity contribution in [3.8, 4) is 5.69 Å². The second-order valence-corrected chi connectivity index (χ2v) is 6.78. The number of nitrogens with one attached hydrogen (secondary N) is 1. The van der Waals surface area contributed by atoms with Gasteiger partial charge in [-0.25, -0.2) is 4.68 Å². The Morgan fingerprint density at radius 1 is 1.07 bits per heavy atom. The van der Waals surface area contributed by atoms with Crippen LogP contribution in [0.1, 0.15) is 41.2 Å². The lowest BCUT2D eigenvalue weighted by molar-refractivity contribution is 0.0657. The van der Waals surface area contributed by atoms with Gasteiger partial charge in [0.05, 0.1) is 18.4 Å². The van der Waals surface area contributed by atoms with Gasteiger partial charge in [0.25, 0.3) is 5.91 Å². The maximum atomic E-state index is 12.5. The van der Waals surface area contributed by atoms with E-state index in [1.54, 1.807) is 10.7 Å². The number of hydrogen-bond donors (Lipinski definition) is 1. The van der Waals surface area contributed by atoms with Crippen LogP contribution in [-0.4, -0.2) is 21.8 Å². The summed E-state index contributed by atoms with van der Waals surface area (Å²) in [6, 6.07) is 19.7. The summed E-state index contributed by atoms with van der Waals surface area (Å²) in [4.78, 5) is 12.5. The molecule has 0 aliphatic rings. The zero-order valence-corrected chi connectivity index (χ0v) is 16.0. The quantitative estimate of drug-likeness (QED) is 0.689. The van der Waals surface area contributed by atoms with Crippen LogP contribution in [0, 0.1) is 6.92 Å². The molecule has 0 spiro atoms. The average Bonchev–Trinajstić information content (AvgIpc) is 3.08. The summed E-state index contributed by atoms with van der Waals surface area (Å²) in [6.45, 7) is 7.03. The molecule has 0 saturated heterocycles. The molecule has 1 aromatic heterocycles. The Bertz CT molecular complexity index is 884. The largest absolute Gasteiger partial charge is 0.374 e. The second-order valence-electron chi connectivity index (χ2n) is 6.78. The van der Waals surface area contributed by atoms with Gasteiger partial charge in [-0.05, 0) is 50.1 Å². The highest BCUT2D eigenvalue weighted by Crippen LogP contribution is 2.12. The van der Waals surface area contributed by atoms with E-state index in [2.05, 4.69) is 10.4 Å². The van der Waals surface area contributed by atoms with Crippen molar-refractivity contribution in [3.05, 3.63) is 83.2 Å². The number of ether oxygens (including phenoxy) is 1. The Hall–Kier alpha value is -2.92. The van der Waals surface area contributed by atoms with Crippen LogP contribution in [0.15, 0.2) is 60.7 Å².